The van der Waals surface area contributed by atoms with Gasteiger partial charge in [-0.3, -0.25) is 0 Å². The molecule has 0 fully saturated rings. The molecule has 1 rings (SSSR count). The van der Waals surface area contributed by atoms with Crippen molar-refractivity contribution in [1.82, 2.24) is 5.32 Å². The Morgan fingerprint density at radius 1 is 1.11 bits per heavy atom. The van der Waals surface area contributed by atoms with Crippen LogP contribution in [0.2, 0.25) is 0 Å². The van der Waals surface area contributed by atoms with E-state index in [4.69, 9.17) is 0 Å². The molecule has 19 heavy (non-hydrogen) atoms. The molecule has 0 spiro atoms. The third-order valence-corrected chi connectivity index (χ3v) is 2.93. The molecule has 0 aromatic heterocycles. The molecular formula is C15H25NO3. The van der Waals surface area contributed by atoms with Crippen LogP contribution in [0.1, 0.15) is 45.7 Å². The van der Waals surface area contributed by atoms with Crippen LogP contribution in [0.3, 0.4) is 0 Å². The number of aromatic hydroxyl groups is 2. The molecule has 4 N–H and O–H groups in total. The first-order chi connectivity index (χ1) is 8.67. The summed E-state index contributed by atoms with van der Waals surface area (Å²) in [4.78, 5) is 0. The van der Waals surface area contributed by atoms with Crippen LogP contribution in [0.15, 0.2) is 18.2 Å². The summed E-state index contributed by atoms with van der Waals surface area (Å²) < 4.78 is 0. The molecule has 1 aromatic rings. The van der Waals surface area contributed by atoms with Gasteiger partial charge in [0.05, 0.1) is 6.10 Å². The van der Waals surface area contributed by atoms with Crippen LogP contribution in [-0.4, -0.2) is 28.0 Å². The number of benzene rings is 1. The second kappa shape index (κ2) is 6.26. The molecule has 0 heterocycles. The van der Waals surface area contributed by atoms with E-state index in [-0.39, 0.29) is 23.0 Å². The summed E-state index contributed by atoms with van der Waals surface area (Å²) in [5.41, 5.74) is 0.883. The molecule has 0 aliphatic heterocycles. The van der Waals surface area contributed by atoms with E-state index >= 15 is 0 Å². The van der Waals surface area contributed by atoms with Crippen LogP contribution in [-0.2, 0) is 0 Å². The van der Waals surface area contributed by atoms with Crippen molar-refractivity contribution >= 4 is 0 Å². The average molecular weight is 267 g/mol. The van der Waals surface area contributed by atoms with Gasteiger partial charge in [-0.1, -0.05) is 20.8 Å². The van der Waals surface area contributed by atoms with Gasteiger partial charge in [-0.2, -0.15) is 0 Å². The highest BCUT2D eigenvalue weighted by atomic mass is 16.3. The standard InChI is InChI=1S/C15H25NO3/c1-10(11-5-12(17)7-13(18)6-11)16-9-14(19)8-15(2,3)4/h5-7,10,14,16-19H,8-9H2,1-4H3. The van der Waals surface area contributed by atoms with Crippen LogP contribution in [0.4, 0.5) is 0 Å². The summed E-state index contributed by atoms with van der Waals surface area (Å²) in [6.45, 7) is 8.68. The summed E-state index contributed by atoms with van der Waals surface area (Å²) in [7, 11) is 0. The molecule has 4 nitrogen and oxygen atoms in total. The fourth-order valence-corrected chi connectivity index (χ4v) is 2.08. The molecular weight excluding hydrogens is 242 g/mol. The highest BCUT2D eigenvalue weighted by Gasteiger charge is 2.17. The van der Waals surface area contributed by atoms with Gasteiger partial charge in [-0.15, -0.1) is 0 Å². The maximum atomic E-state index is 9.93. The van der Waals surface area contributed by atoms with E-state index < -0.39 is 6.10 Å². The number of phenols is 2. The Balaban J connectivity index is 2.53. The Morgan fingerprint density at radius 2 is 1.63 bits per heavy atom. The van der Waals surface area contributed by atoms with Crippen molar-refractivity contribution in [3.63, 3.8) is 0 Å². The number of aliphatic hydroxyl groups excluding tert-OH is 1. The SMILES string of the molecule is CC(NCC(O)CC(C)(C)C)c1cc(O)cc(O)c1. The number of nitrogens with one attached hydrogen (secondary N) is 1. The smallest absolute Gasteiger partial charge is 0.119 e. The van der Waals surface area contributed by atoms with Gasteiger partial charge in [0.2, 0.25) is 0 Å². The number of hydrogen-bond acceptors (Lipinski definition) is 4. The largest absolute Gasteiger partial charge is 0.508 e. The third kappa shape index (κ3) is 5.94. The first kappa shape index (κ1) is 15.8. The van der Waals surface area contributed by atoms with E-state index in [1.54, 1.807) is 12.1 Å². The maximum Gasteiger partial charge on any atom is 0.119 e. The molecule has 0 radical (unpaired) electrons. The average Bonchev–Trinajstić information content (AvgIpc) is 2.22. The minimum atomic E-state index is -0.409. The van der Waals surface area contributed by atoms with Crippen molar-refractivity contribution in [2.24, 2.45) is 5.41 Å². The van der Waals surface area contributed by atoms with Crippen molar-refractivity contribution in [1.29, 1.82) is 0 Å². The van der Waals surface area contributed by atoms with Crippen LogP contribution in [0, 0.1) is 5.41 Å². The maximum absolute atomic E-state index is 9.93. The lowest BCUT2D eigenvalue weighted by molar-refractivity contribution is 0.117. The van der Waals surface area contributed by atoms with E-state index in [1.807, 2.05) is 6.92 Å². The fourth-order valence-electron chi connectivity index (χ4n) is 2.08. The van der Waals surface area contributed by atoms with Gasteiger partial charge in [0.1, 0.15) is 11.5 Å². The second-order valence-corrected chi connectivity index (χ2v) is 6.33. The van der Waals surface area contributed by atoms with Crippen molar-refractivity contribution in [3.05, 3.63) is 23.8 Å². The van der Waals surface area contributed by atoms with Gasteiger partial charge in [-0.05, 0) is 36.5 Å². The molecule has 4 heteroatoms. The van der Waals surface area contributed by atoms with Crippen LogP contribution in [0.5, 0.6) is 11.5 Å². The topological polar surface area (TPSA) is 72.7 Å². The van der Waals surface area contributed by atoms with E-state index in [2.05, 4.69) is 26.1 Å². The zero-order chi connectivity index (χ0) is 14.6. The number of phenolic OH excluding ortho intramolecular Hbond substituents is 2. The highest BCUT2D eigenvalue weighted by Crippen LogP contribution is 2.25. The lowest BCUT2D eigenvalue weighted by Crippen LogP contribution is -2.31. The van der Waals surface area contributed by atoms with Gasteiger partial charge >= 0.3 is 0 Å². The van der Waals surface area contributed by atoms with Gasteiger partial charge in [0.25, 0.3) is 0 Å². The minimum Gasteiger partial charge on any atom is -0.508 e. The molecule has 0 bridgehead atoms. The summed E-state index contributed by atoms with van der Waals surface area (Å²) in [6.07, 6.45) is 0.311. The first-order valence-electron chi connectivity index (χ1n) is 6.62. The zero-order valence-corrected chi connectivity index (χ0v) is 12.1. The van der Waals surface area contributed by atoms with Gasteiger partial charge < -0.3 is 20.6 Å². The van der Waals surface area contributed by atoms with Gasteiger partial charge in [-0.25, -0.2) is 0 Å². The highest BCUT2D eigenvalue weighted by molar-refractivity contribution is 5.37. The Bertz CT molecular complexity index is 392. The first-order valence-corrected chi connectivity index (χ1v) is 6.62. The summed E-state index contributed by atoms with van der Waals surface area (Å²) in [6, 6.07) is 4.46. The molecule has 0 aliphatic carbocycles. The molecule has 108 valence electrons. The molecule has 2 unspecified atom stereocenters. The minimum absolute atomic E-state index is 0.0406. The Morgan fingerprint density at radius 3 is 2.11 bits per heavy atom. The molecule has 0 aliphatic rings. The van der Waals surface area contributed by atoms with E-state index in [0.29, 0.717) is 6.54 Å². The quantitative estimate of drug-likeness (QED) is 0.661. The molecule has 1 aromatic carbocycles. The van der Waals surface area contributed by atoms with Crippen molar-refractivity contribution in [3.8, 4) is 11.5 Å². The molecule has 0 saturated heterocycles. The third-order valence-electron chi connectivity index (χ3n) is 2.93. The number of aliphatic hydroxyl groups is 1. The summed E-state index contributed by atoms with van der Waals surface area (Å²) in [5, 5.41) is 32.0. The van der Waals surface area contributed by atoms with Crippen LogP contribution in [0.25, 0.3) is 0 Å². The summed E-state index contributed by atoms with van der Waals surface area (Å²) in [5.74, 6) is 0.0813. The predicted molar refractivity (Wildman–Crippen MR) is 76.3 cm³/mol. The van der Waals surface area contributed by atoms with Crippen molar-refractivity contribution in [2.75, 3.05) is 6.54 Å². The Labute approximate surface area is 115 Å². The van der Waals surface area contributed by atoms with Gasteiger partial charge in [0.15, 0.2) is 0 Å². The Hall–Kier alpha value is -1.26. The van der Waals surface area contributed by atoms with Crippen LogP contribution < -0.4 is 5.32 Å². The van der Waals surface area contributed by atoms with E-state index in [9.17, 15) is 15.3 Å². The fraction of sp³-hybridized carbons (Fsp3) is 0.600. The molecule has 2 atom stereocenters. The lowest BCUT2D eigenvalue weighted by Gasteiger charge is -2.24. The summed E-state index contributed by atoms with van der Waals surface area (Å²) >= 11 is 0. The predicted octanol–water partition coefficient (Wildman–Crippen LogP) is 2.55. The number of rotatable bonds is 5. The normalized spacial score (nSPS) is 15.2. The molecule has 0 amide bonds. The molecule has 0 saturated carbocycles. The zero-order valence-electron chi connectivity index (χ0n) is 12.1. The second-order valence-electron chi connectivity index (χ2n) is 6.33. The lowest BCUT2D eigenvalue weighted by atomic mass is 9.89. The number of hydrogen-bond donors (Lipinski definition) is 4. The van der Waals surface area contributed by atoms with Crippen molar-refractivity contribution < 1.29 is 15.3 Å². The van der Waals surface area contributed by atoms with E-state index in [1.165, 1.54) is 6.07 Å². The monoisotopic (exact) mass is 267 g/mol. The van der Waals surface area contributed by atoms with Gasteiger partial charge in [0, 0.05) is 18.7 Å². The van der Waals surface area contributed by atoms with Crippen molar-refractivity contribution in [2.45, 2.75) is 46.3 Å². The van der Waals surface area contributed by atoms with Crippen LogP contribution >= 0.6 is 0 Å². The Kier molecular flexibility index (Phi) is 5.20. The van der Waals surface area contributed by atoms with E-state index in [0.717, 1.165) is 12.0 Å².